The first kappa shape index (κ1) is 19.4. The molecule has 4 heteroatoms. The van der Waals surface area contributed by atoms with Crippen molar-refractivity contribution in [2.75, 3.05) is 46.3 Å². The SMILES string of the molecule is C.C.CC(C)C(=O)N1CCC(N2CCN(C)CC2)CC1. The molecule has 2 heterocycles. The van der Waals surface area contributed by atoms with Crippen molar-refractivity contribution in [1.29, 1.82) is 0 Å². The molecule has 0 unspecified atom stereocenters. The van der Waals surface area contributed by atoms with Crippen molar-refractivity contribution in [1.82, 2.24) is 14.7 Å². The second-order valence-electron chi connectivity index (χ2n) is 6.05. The molecule has 0 bridgehead atoms. The number of likely N-dealkylation sites (N-methyl/N-ethyl adjacent to an activating group) is 1. The highest BCUT2D eigenvalue weighted by Crippen LogP contribution is 2.19. The number of hydrogen-bond donors (Lipinski definition) is 0. The molecule has 120 valence electrons. The smallest absolute Gasteiger partial charge is 0.225 e. The lowest BCUT2D eigenvalue weighted by atomic mass is 10.0. The summed E-state index contributed by atoms with van der Waals surface area (Å²) in [6.45, 7) is 10.7. The van der Waals surface area contributed by atoms with Crippen LogP contribution in [0.3, 0.4) is 0 Å². The average Bonchev–Trinajstić information content (AvgIpc) is 2.39. The maximum Gasteiger partial charge on any atom is 0.225 e. The second kappa shape index (κ2) is 8.63. The lowest BCUT2D eigenvalue weighted by molar-refractivity contribution is -0.136. The predicted molar refractivity (Wildman–Crippen MR) is 87.0 cm³/mol. The number of likely N-dealkylation sites (tertiary alicyclic amines) is 1. The summed E-state index contributed by atoms with van der Waals surface area (Å²) in [6, 6.07) is 0.704. The first-order chi connectivity index (χ1) is 8.58. The van der Waals surface area contributed by atoms with E-state index >= 15 is 0 Å². The Labute approximate surface area is 126 Å². The molecule has 0 N–H and O–H groups in total. The standard InChI is InChI=1S/C14H27N3O.2CH4/c1-12(2)14(18)17-6-4-13(5-7-17)16-10-8-15(3)9-11-16;;/h12-13H,4-11H2,1-3H3;2*1H4. The Kier molecular flexibility index (Phi) is 8.36. The third-order valence-corrected chi connectivity index (χ3v) is 4.32. The zero-order valence-corrected chi connectivity index (χ0v) is 12.1. The first-order valence-electron chi connectivity index (χ1n) is 7.29. The summed E-state index contributed by atoms with van der Waals surface area (Å²) < 4.78 is 0. The van der Waals surface area contributed by atoms with Crippen molar-refractivity contribution in [3.63, 3.8) is 0 Å². The van der Waals surface area contributed by atoms with Gasteiger partial charge in [-0.25, -0.2) is 0 Å². The summed E-state index contributed by atoms with van der Waals surface area (Å²) in [5, 5.41) is 0. The number of nitrogens with zero attached hydrogens (tertiary/aromatic N) is 3. The highest BCUT2D eigenvalue weighted by molar-refractivity contribution is 5.78. The molecule has 0 aromatic heterocycles. The molecule has 0 saturated carbocycles. The summed E-state index contributed by atoms with van der Waals surface area (Å²) in [5.41, 5.74) is 0. The van der Waals surface area contributed by atoms with Gasteiger partial charge in [-0.15, -0.1) is 0 Å². The van der Waals surface area contributed by atoms with E-state index in [0.29, 0.717) is 11.9 Å². The Balaban J connectivity index is 0.00000180. The minimum Gasteiger partial charge on any atom is -0.342 e. The van der Waals surface area contributed by atoms with Crippen molar-refractivity contribution >= 4 is 5.91 Å². The molecule has 0 aromatic carbocycles. The number of piperazine rings is 1. The van der Waals surface area contributed by atoms with E-state index in [1.54, 1.807) is 0 Å². The third kappa shape index (κ3) is 4.74. The quantitative estimate of drug-likeness (QED) is 0.778. The number of amides is 1. The molecule has 2 fully saturated rings. The van der Waals surface area contributed by atoms with Crippen LogP contribution in [0.5, 0.6) is 0 Å². The molecule has 2 rings (SSSR count). The lowest BCUT2D eigenvalue weighted by Crippen LogP contribution is -2.53. The number of carbonyl (C=O) groups is 1. The molecular formula is C16H35N3O. The minimum absolute atomic E-state index is 0. The normalized spacial score (nSPS) is 22.3. The van der Waals surface area contributed by atoms with Gasteiger partial charge in [-0.1, -0.05) is 28.7 Å². The van der Waals surface area contributed by atoms with Crippen molar-refractivity contribution in [2.45, 2.75) is 47.6 Å². The van der Waals surface area contributed by atoms with Crippen LogP contribution in [0.1, 0.15) is 41.5 Å². The minimum atomic E-state index is 0. The molecule has 0 radical (unpaired) electrons. The Bertz CT molecular complexity index is 277. The number of piperidine rings is 1. The van der Waals surface area contributed by atoms with Crippen molar-refractivity contribution in [2.24, 2.45) is 5.92 Å². The van der Waals surface area contributed by atoms with Gasteiger partial charge in [0, 0.05) is 51.2 Å². The molecule has 20 heavy (non-hydrogen) atoms. The van der Waals surface area contributed by atoms with E-state index in [1.807, 2.05) is 13.8 Å². The van der Waals surface area contributed by atoms with Crippen LogP contribution in [0, 0.1) is 5.92 Å². The molecule has 4 nitrogen and oxygen atoms in total. The van der Waals surface area contributed by atoms with Crippen LogP contribution in [-0.4, -0.2) is 73.0 Å². The Morgan fingerprint density at radius 1 is 0.950 bits per heavy atom. The van der Waals surface area contributed by atoms with Gasteiger partial charge in [0.25, 0.3) is 0 Å². The summed E-state index contributed by atoms with van der Waals surface area (Å²) in [6.07, 6.45) is 2.31. The van der Waals surface area contributed by atoms with E-state index in [9.17, 15) is 4.79 Å². The first-order valence-corrected chi connectivity index (χ1v) is 7.29. The second-order valence-corrected chi connectivity index (χ2v) is 6.05. The fourth-order valence-corrected chi connectivity index (χ4v) is 3.00. The lowest BCUT2D eigenvalue weighted by Gasteiger charge is -2.42. The Morgan fingerprint density at radius 2 is 1.45 bits per heavy atom. The van der Waals surface area contributed by atoms with E-state index in [4.69, 9.17) is 0 Å². The van der Waals surface area contributed by atoms with E-state index in [2.05, 4.69) is 21.7 Å². The van der Waals surface area contributed by atoms with Gasteiger partial charge >= 0.3 is 0 Å². The van der Waals surface area contributed by atoms with Gasteiger partial charge in [-0.2, -0.15) is 0 Å². The highest BCUT2D eigenvalue weighted by Gasteiger charge is 2.28. The zero-order valence-electron chi connectivity index (χ0n) is 12.1. The van der Waals surface area contributed by atoms with Crippen molar-refractivity contribution in [3.05, 3.63) is 0 Å². The molecule has 2 aliphatic rings. The summed E-state index contributed by atoms with van der Waals surface area (Å²) in [4.78, 5) is 19.0. The molecule has 2 aliphatic heterocycles. The summed E-state index contributed by atoms with van der Waals surface area (Å²) in [5.74, 6) is 0.469. The number of rotatable bonds is 2. The molecule has 0 spiro atoms. The third-order valence-electron chi connectivity index (χ3n) is 4.32. The van der Waals surface area contributed by atoms with Gasteiger partial charge in [0.2, 0.25) is 5.91 Å². The van der Waals surface area contributed by atoms with E-state index in [1.165, 1.54) is 26.2 Å². The van der Waals surface area contributed by atoms with E-state index < -0.39 is 0 Å². The van der Waals surface area contributed by atoms with Gasteiger partial charge in [0.15, 0.2) is 0 Å². The number of carbonyl (C=O) groups excluding carboxylic acids is 1. The van der Waals surface area contributed by atoms with Crippen LogP contribution in [0.4, 0.5) is 0 Å². The van der Waals surface area contributed by atoms with Crippen LogP contribution in [0.15, 0.2) is 0 Å². The van der Waals surface area contributed by atoms with Crippen molar-refractivity contribution < 1.29 is 4.79 Å². The molecule has 0 atom stereocenters. The zero-order chi connectivity index (χ0) is 13.1. The molecule has 2 saturated heterocycles. The largest absolute Gasteiger partial charge is 0.342 e. The molecule has 0 aromatic rings. The maximum absolute atomic E-state index is 11.9. The van der Waals surface area contributed by atoms with Crippen LogP contribution >= 0.6 is 0 Å². The summed E-state index contributed by atoms with van der Waals surface area (Å²) >= 11 is 0. The fraction of sp³-hybridized carbons (Fsp3) is 0.938. The van der Waals surface area contributed by atoms with Crippen LogP contribution in [0.2, 0.25) is 0 Å². The highest BCUT2D eigenvalue weighted by atomic mass is 16.2. The molecule has 1 amide bonds. The van der Waals surface area contributed by atoms with Gasteiger partial charge in [-0.3, -0.25) is 9.69 Å². The Morgan fingerprint density at radius 3 is 1.90 bits per heavy atom. The summed E-state index contributed by atoms with van der Waals surface area (Å²) in [7, 11) is 2.20. The van der Waals surface area contributed by atoms with Gasteiger partial charge < -0.3 is 9.80 Å². The van der Waals surface area contributed by atoms with E-state index in [0.717, 1.165) is 25.9 Å². The van der Waals surface area contributed by atoms with E-state index in [-0.39, 0.29) is 20.8 Å². The average molecular weight is 285 g/mol. The van der Waals surface area contributed by atoms with Gasteiger partial charge in [-0.05, 0) is 19.9 Å². The Hall–Kier alpha value is -0.610. The molecular weight excluding hydrogens is 250 g/mol. The van der Waals surface area contributed by atoms with Crippen LogP contribution < -0.4 is 0 Å². The predicted octanol–water partition coefficient (Wildman–Crippen LogP) is 2.15. The fourth-order valence-electron chi connectivity index (χ4n) is 3.00. The topological polar surface area (TPSA) is 26.8 Å². The maximum atomic E-state index is 11.9. The van der Waals surface area contributed by atoms with Crippen LogP contribution in [0.25, 0.3) is 0 Å². The number of hydrogen-bond acceptors (Lipinski definition) is 3. The van der Waals surface area contributed by atoms with Crippen molar-refractivity contribution in [3.8, 4) is 0 Å². The molecule has 0 aliphatic carbocycles. The van der Waals surface area contributed by atoms with Gasteiger partial charge in [0.05, 0.1) is 0 Å². The monoisotopic (exact) mass is 285 g/mol. The van der Waals surface area contributed by atoms with Gasteiger partial charge in [0.1, 0.15) is 0 Å². The van der Waals surface area contributed by atoms with Crippen LogP contribution in [-0.2, 0) is 4.79 Å².